The van der Waals surface area contributed by atoms with Crippen LogP contribution in [0.4, 0.5) is 0 Å². The molecule has 2 nitrogen and oxygen atoms in total. The molecule has 1 unspecified atom stereocenters. The Bertz CT molecular complexity index is 260. The van der Waals surface area contributed by atoms with E-state index in [0.717, 1.165) is 25.9 Å². The van der Waals surface area contributed by atoms with Crippen LogP contribution < -0.4 is 0 Å². The van der Waals surface area contributed by atoms with E-state index in [2.05, 4.69) is 24.3 Å². The molecule has 1 aromatic carbocycles. The molecule has 13 heavy (non-hydrogen) atoms. The molecular formula is C11H14NO-. The maximum absolute atomic E-state index is 11.0. The maximum atomic E-state index is 11.0. The molecule has 1 aromatic rings. The number of hydroxylamine groups is 2. The first kappa shape index (κ1) is 8.73. The summed E-state index contributed by atoms with van der Waals surface area (Å²) in [6, 6.07) is 10.4. The van der Waals surface area contributed by atoms with E-state index in [1.165, 1.54) is 10.6 Å². The van der Waals surface area contributed by atoms with E-state index in [1.807, 2.05) is 6.07 Å². The normalized spacial score (nSPS) is 23.6. The standard InChI is InChI=1S/C11H14NO/c13-12-7-6-11(9-12)8-10-4-2-1-3-5-10/h1-5,11H,6-9H2/q-1. The quantitative estimate of drug-likeness (QED) is 0.689. The molecular weight excluding hydrogens is 162 g/mol. The molecule has 1 heterocycles. The zero-order chi connectivity index (χ0) is 9.10. The predicted octanol–water partition coefficient (Wildman–Crippen LogP) is 2.05. The summed E-state index contributed by atoms with van der Waals surface area (Å²) in [5, 5.41) is 12.1. The van der Waals surface area contributed by atoms with E-state index in [4.69, 9.17) is 0 Å². The van der Waals surface area contributed by atoms with Crippen LogP contribution in [0.3, 0.4) is 0 Å². The SMILES string of the molecule is [O-]N1CCC(Cc2ccccc2)C1. The summed E-state index contributed by atoms with van der Waals surface area (Å²) in [6.45, 7) is 1.44. The molecule has 70 valence electrons. The second-order valence-electron chi connectivity index (χ2n) is 3.73. The van der Waals surface area contributed by atoms with E-state index in [1.54, 1.807) is 0 Å². The van der Waals surface area contributed by atoms with Crippen molar-refractivity contribution in [1.82, 2.24) is 5.06 Å². The molecule has 0 spiro atoms. The summed E-state index contributed by atoms with van der Waals surface area (Å²) < 4.78 is 0. The fourth-order valence-electron chi connectivity index (χ4n) is 1.91. The van der Waals surface area contributed by atoms with Crippen LogP contribution in [0.5, 0.6) is 0 Å². The fourth-order valence-corrected chi connectivity index (χ4v) is 1.91. The van der Waals surface area contributed by atoms with Crippen LogP contribution in [0.25, 0.3) is 0 Å². The Morgan fingerprint density at radius 1 is 1.31 bits per heavy atom. The van der Waals surface area contributed by atoms with Crippen LogP contribution in [0, 0.1) is 11.1 Å². The van der Waals surface area contributed by atoms with Crippen LogP contribution in [0.1, 0.15) is 12.0 Å². The molecule has 0 aliphatic carbocycles. The minimum atomic E-state index is 0.569. The van der Waals surface area contributed by atoms with Crippen molar-refractivity contribution in [2.45, 2.75) is 12.8 Å². The Kier molecular flexibility index (Phi) is 2.62. The molecule has 2 heteroatoms. The molecule has 0 amide bonds. The van der Waals surface area contributed by atoms with Crippen molar-refractivity contribution in [3.8, 4) is 0 Å². The smallest absolute Gasteiger partial charge is 0.0112 e. The van der Waals surface area contributed by atoms with Crippen molar-refractivity contribution in [1.29, 1.82) is 0 Å². The summed E-state index contributed by atoms with van der Waals surface area (Å²) in [6.07, 6.45) is 2.11. The summed E-state index contributed by atoms with van der Waals surface area (Å²) >= 11 is 0. The molecule has 1 aliphatic heterocycles. The highest BCUT2D eigenvalue weighted by atomic mass is 16.5. The third-order valence-electron chi connectivity index (χ3n) is 2.62. The van der Waals surface area contributed by atoms with Crippen LogP contribution in [0.2, 0.25) is 0 Å². The topological polar surface area (TPSA) is 26.3 Å². The second-order valence-corrected chi connectivity index (χ2v) is 3.73. The van der Waals surface area contributed by atoms with Gasteiger partial charge in [-0.2, -0.15) is 0 Å². The monoisotopic (exact) mass is 176 g/mol. The molecule has 0 saturated carbocycles. The van der Waals surface area contributed by atoms with E-state index >= 15 is 0 Å². The van der Waals surface area contributed by atoms with Crippen LogP contribution in [-0.4, -0.2) is 18.2 Å². The number of hydrogen-bond acceptors (Lipinski definition) is 2. The number of hydrogen-bond donors (Lipinski definition) is 0. The summed E-state index contributed by atoms with van der Waals surface area (Å²) in [5.41, 5.74) is 1.35. The van der Waals surface area contributed by atoms with Gasteiger partial charge in [0.2, 0.25) is 0 Å². The molecule has 0 N–H and O–H groups in total. The first-order chi connectivity index (χ1) is 6.34. The number of benzene rings is 1. The first-order valence-electron chi connectivity index (χ1n) is 4.80. The van der Waals surface area contributed by atoms with Gasteiger partial charge in [0.1, 0.15) is 0 Å². The lowest BCUT2D eigenvalue weighted by Crippen LogP contribution is -2.12. The van der Waals surface area contributed by atoms with Crippen LogP contribution >= 0.6 is 0 Å². The molecule has 0 aromatic heterocycles. The fraction of sp³-hybridized carbons (Fsp3) is 0.455. The molecule has 1 atom stereocenters. The van der Waals surface area contributed by atoms with Crippen molar-refractivity contribution in [3.63, 3.8) is 0 Å². The summed E-state index contributed by atoms with van der Waals surface area (Å²) in [7, 11) is 0. The van der Waals surface area contributed by atoms with E-state index in [0.29, 0.717) is 5.92 Å². The van der Waals surface area contributed by atoms with Gasteiger partial charge >= 0.3 is 0 Å². The van der Waals surface area contributed by atoms with E-state index < -0.39 is 0 Å². The van der Waals surface area contributed by atoms with Gasteiger partial charge in [-0.05, 0) is 37.4 Å². The molecule has 1 fully saturated rings. The molecule has 0 bridgehead atoms. The van der Waals surface area contributed by atoms with Gasteiger partial charge in [0, 0.05) is 0 Å². The van der Waals surface area contributed by atoms with Gasteiger partial charge in [-0.3, -0.25) is 0 Å². The van der Waals surface area contributed by atoms with Gasteiger partial charge in [0.15, 0.2) is 0 Å². The van der Waals surface area contributed by atoms with Crippen molar-refractivity contribution >= 4 is 0 Å². The highest BCUT2D eigenvalue weighted by Gasteiger charge is 2.16. The lowest BCUT2D eigenvalue weighted by molar-refractivity contribution is 0.439. The molecule has 1 saturated heterocycles. The number of nitrogens with zero attached hydrogens (tertiary/aromatic N) is 1. The lowest BCUT2D eigenvalue weighted by atomic mass is 9.99. The van der Waals surface area contributed by atoms with Crippen molar-refractivity contribution in [3.05, 3.63) is 41.1 Å². The third kappa shape index (κ3) is 2.29. The Labute approximate surface area is 78.8 Å². The molecule has 1 aliphatic rings. The minimum absolute atomic E-state index is 0.569. The summed E-state index contributed by atoms with van der Waals surface area (Å²) in [5.74, 6) is 0.569. The average molecular weight is 176 g/mol. The van der Waals surface area contributed by atoms with Gasteiger partial charge in [-0.1, -0.05) is 30.3 Å². The van der Waals surface area contributed by atoms with Crippen LogP contribution in [-0.2, 0) is 6.42 Å². The van der Waals surface area contributed by atoms with Crippen LogP contribution in [0.15, 0.2) is 30.3 Å². The Balaban J connectivity index is 1.92. The zero-order valence-electron chi connectivity index (χ0n) is 7.65. The van der Waals surface area contributed by atoms with Gasteiger partial charge < -0.3 is 10.3 Å². The van der Waals surface area contributed by atoms with Crippen molar-refractivity contribution < 1.29 is 0 Å². The van der Waals surface area contributed by atoms with Crippen molar-refractivity contribution in [2.75, 3.05) is 13.1 Å². The maximum Gasteiger partial charge on any atom is -0.0112 e. The lowest BCUT2D eigenvalue weighted by Gasteiger charge is -2.20. The third-order valence-corrected chi connectivity index (χ3v) is 2.62. The Hall–Kier alpha value is -0.860. The van der Waals surface area contributed by atoms with Crippen molar-refractivity contribution in [2.24, 2.45) is 5.92 Å². The minimum Gasteiger partial charge on any atom is -0.785 e. The summed E-state index contributed by atoms with van der Waals surface area (Å²) in [4.78, 5) is 0. The number of rotatable bonds is 2. The molecule has 2 rings (SSSR count). The largest absolute Gasteiger partial charge is 0.785 e. The van der Waals surface area contributed by atoms with E-state index in [-0.39, 0.29) is 0 Å². The first-order valence-corrected chi connectivity index (χ1v) is 4.80. The highest BCUT2D eigenvalue weighted by molar-refractivity contribution is 5.15. The second kappa shape index (κ2) is 3.90. The highest BCUT2D eigenvalue weighted by Crippen LogP contribution is 2.19. The Morgan fingerprint density at radius 2 is 2.08 bits per heavy atom. The Morgan fingerprint density at radius 3 is 2.69 bits per heavy atom. The van der Waals surface area contributed by atoms with Gasteiger partial charge in [0.25, 0.3) is 0 Å². The average Bonchev–Trinajstić information content (AvgIpc) is 2.53. The van der Waals surface area contributed by atoms with Gasteiger partial charge in [-0.15, -0.1) is 0 Å². The molecule has 0 radical (unpaired) electrons. The predicted molar refractivity (Wildman–Crippen MR) is 53.2 cm³/mol. The van der Waals surface area contributed by atoms with Gasteiger partial charge in [0.05, 0.1) is 0 Å². The van der Waals surface area contributed by atoms with Gasteiger partial charge in [-0.25, -0.2) is 0 Å². The van der Waals surface area contributed by atoms with E-state index in [9.17, 15) is 5.21 Å². The zero-order valence-corrected chi connectivity index (χ0v) is 7.65.